The Bertz CT molecular complexity index is 565. The molecule has 0 saturated carbocycles. The third-order valence-electron chi connectivity index (χ3n) is 3.23. The van der Waals surface area contributed by atoms with Crippen molar-refractivity contribution < 1.29 is 9.53 Å². The van der Waals surface area contributed by atoms with Crippen LogP contribution in [0.1, 0.15) is 12.0 Å². The molecular weight excluding hydrogens is 268 g/mol. The number of aromatic nitrogens is 2. The highest BCUT2D eigenvalue weighted by Crippen LogP contribution is 2.13. The van der Waals surface area contributed by atoms with E-state index in [4.69, 9.17) is 10.5 Å². The molecule has 0 aliphatic rings. The number of hydrogen-bond donors (Lipinski definition) is 2. The lowest BCUT2D eigenvalue weighted by Gasteiger charge is -2.14. The van der Waals surface area contributed by atoms with E-state index in [0.29, 0.717) is 13.1 Å². The number of para-hydroxylation sites is 1. The van der Waals surface area contributed by atoms with Crippen LogP contribution in [0, 0.1) is 0 Å². The van der Waals surface area contributed by atoms with Gasteiger partial charge in [-0.15, -0.1) is 0 Å². The number of carbonyl (C=O) groups is 1. The second-order valence-corrected chi connectivity index (χ2v) is 4.65. The molecule has 1 atom stereocenters. The molecule has 0 saturated heterocycles. The Morgan fingerprint density at radius 2 is 2.24 bits per heavy atom. The van der Waals surface area contributed by atoms with Gasteiger partial charge in [0.25, 0.3) is 0 Å². The van der Waals surface area contributed by atoms with Crippen LogP contribution in [0.3, 0.4) is 0 Å². The molecule has 1 aromatic heterocycles. The number of ether oxygens (including phenoxy) is 1. The minimum atomic E-state index is -0.244. The molecule has 21 heavy (non-hydrogen) atoms. The summed E-state index contributed by atoms with van der Waals surface area (Å²) in [6.45, 7) is 0.768. The van der Waals surface area contributed by atoms with Crippen LogP contribution in [0.25, 0.3) is 5.69 Å². The first kappa shape index (κ1) is 15.2. The van der Waals surface area contributed by atoms with Crippen LogP contribution in [0.15, 0.2) is 42.7 Å². The van der Waals surface area contributed by atoms with Gasteiger partial charge in [0.05, 0.1) is 18.2 Å². The Morgan fingerprint density at radius 1 is 1.43 bits per heavy atom. The zero-order chi connectivity index (χ0) is 15.1. The third kappa shape index (κ3) is 4.14. The first-order chi connectivity index (χ1) is 10.2. The quantitative estimate of drug-likeness (QED) is 0.791. The summed E-state index contributed by atoms with van der Waals surface area (Å²) in [6.07, 6.45) is 3.61. The van der Waals surface area contributed by atoms with E-state index in [2.05, 4.69) is 10.4 Å². The van der Waals surface area contributed by atoms with Gasteiger partial charge in [0.15, 0.2) is 0 Å². The largest absolute Gasteiger partial charge is 0.380 e. The molecule has 2 aromatic rings. The monoisotopic (exact) mass is 288 g/mol. The number of hydrogen-bond acceptors (Lipinski definition) is 4. The van der Waals surface area contributed by atoms with Crippen molar-refractivity contribution >= 4 is 5.91 Å². The van der Waals surface area contributed by atoms with E-state index in [0.717, 1.165) is 11.3 Å². The summed E-state index contributed by atoms with van der Waals surface area (Å²) in [5.41, 5.74) is 7.46. The van der Waals surface area contributed by atoms with Gasteiger partial charge in [0, 0.05) is 32.6 Å². The lowest BCUT2D eigenvalue weighted by atomic mass is 10.1. The number of nitrogens with one attached hydrogen (secondary N) is 1. The summed E-state index contributed by atoms with van der Waals surface area (Å²) in [5, 5.41) is 7.10. The Hall–Kier alpha value is -2.18. The van der Waals surface area contributed by atoms with E-state index in [-0.39, 0.29) is 18.4 Å². The fourth-order valence-electron chi connectivity index (χ4n) is 2.03. The highest BCUT2D eigenvalue weighted by molar-refractivity contribution is 5.76. The number of rotatable bonds is 7. The summed E-state index contributed by atoms with van der Waals surface area (Å²) in [5.74, 6) is -0.0810. The van der Waals surface area contributed by atoms with Crippen molar-refractivity contribution in [2.24, 2.45) is 5.73 Å². The van der Waals surface area contributed by atoms with Gasteiger partial charge in [0.2, 0.25) is 5.91 Å². The van der Waals surface area contributed by atoms with Crippen molar-refractivity contribution in [1.29, 1.82) is 0 Å². The van der Waals surface area contributed by atoms with Crippen molar-refractivity contribution in [3.8, 4) is 5.69 Å². The molecule has 1 aromatic carbocycles. The Morgan fingerprint density at radius 3 is 2.90 bits per heavy atom. The van der Waals surface area contributed by atoms with Gasteiger partial charge < -0.3 is 15.8 Å². The Balaban J connectivity index is 1.99. The van der Waals surface area contributed by atoms with Gasteiger partial charge in [-0.1, -0.05) is 18.2 Å². The van der Waals surface area contributed by atoms with Crippen molar-refractivity contribution in [3.05, 3.63) is 48.3 Å². The molecule has 3 N–H and O–H groups in total. The van der Waals surface area contributed by atoms with Crippen molar-refractivity contribution in [1.82, 2.24) is 15.1 Å². The maximum Gasteiger partial charge on any atom is 0.222 e. The van der Waals surface area contributed by atoms with Gasteiger partial charge in [-0.2, -0.15) is 5.10 Å². The van der Waals surface area contributed by atoms with Crippen LogP contribution in [0.2, 0.25) is 0 Å². The van der Waals surface area contributed by atoms with Crippen molar-refractivity contribution in [2.75, 3.05) is 13.7 Å². The molecule has 1 heterocycles. The number of nitrogens with zero attached hydrogens (tertiary/aromatic N) is 2. The third-order valence-corrected chi connectivity index (χ3v) is 3.23. The average molecular weight is 288 g/mol. The maximum absolute atomic E-state index is 11.9. The van der Waals surface area contributed by atoms with Gasteiger partial charge in [-0.25, -0.2) is 4.68 Å². The average Bonchev–Trinajstić information content (AvgIpc) is 3.05. The summed E-state index contributed by atoms with van der Waals surface area (Å²) in [4.78, 5) is 11.9. The van der Waals surface area contributed by atoms with Gasteiger partial charge in [0.1, 0.15) is 0 Å². The molecule has 0 fully saturated rings. The topological polar surface area (TPSA) is 82.2 Å². The second kappa shape index (κ2) is 7.56. The number of methoxy groups -OCH3 is 1. The molecule has 2 rings (SSSR count). The molecule has 1 unspecified atom stereocenters. The zero-order valence-electron chi connectivity index (χ0n) is 12.0. The molecular formula is C15H20N4O2. The highest BCUT2D eigenvalue weighted by Gasteiger charge is 2.12. The number of benzene rings is 1. The normalized spacial score (nSPS) is 12.1. The van der Waals surface area contributed by atoms with Crippen LogP contribution in [-0.2, 0) is 16.1 Å². The molecule has 6 heteroatoms. The van der Waals surface area contributed by atoms with Crippen LogP contribution in [0.5, 0.6) is 0 Å². The summed E-state index contributed by atoms with van der Waals surface area (Å²) in [7, 11) is 1.55. The van der Waals surface area contributed by atoms with Crippen LogP contribution in [0.4, 0.5) is 0 Å². The van der Waals surface area contributed by atoms with E-state index in [1.54, 1.807) is 18.0 Å². The summed E-state index contributed by atoms with van der Waals surface area (Å²) in [6, 6.07) is 9.67. The molecule has 0 aliphatic heterocycles. The van der Waals surface area contributed by atoms with E-state index in [9.17, 15) is 4.79 Å². The van der Waals surface area contributed by atoms with E-state index in [1.807, 2.05) is 36.5 Å². The second-order valence-electron chi connectivity index (χ2n) is 4.65. The van der Waals surface area contributed by atoms with Crippen LogP contribution in [-0.4, -0.2) is 35.4 Å². The minimum Gasteiger partial charge on any atom is -0.380 e. The highest BCUT2D eigenvalue weighted by atomic mass is 16.5. The number of carbonyl (C=O) groups excluding carboxylic acids is 1. The SMILES string of the molecule is COC(CN)CC(=O)NCc1ccccc1-n1cccn1. The number of amides is 1. The smallest absolute Gasteiger partial charge is 0.222 e. The van der Waals surface area contributed by atoms with Gasteiger partial charge in [-0.05, 0) is 17.7 Å². The van der Waals surface area contributed by atoms with E-state index >= 15 is 0 Å². The maximum atomic E-state index is 11.9. The predicted octanol–water partition coefficient (Wildman–Crippen LogP) is 0.852. The molecule has 1 amide bonds. The lowest BCUT2D eigenvalue weighted by molar-refractivity contribution is -0.123. The summed E-state index contributed by atoms with van der Waals surface area (Å²) >= 11 is 0. The molecule has 0 bridgehead atoms. The van der Waals surface area contributed by atoms with Crippen LogP contribution < -0.4 is 11.1 Å². The molecule has 0 aliphatic carbocycles. The number of nitrogens with two attached hydrogens (primary N) is 1. The van der Waals surface area contributed by atoms with E-state index < -0.39 is 0 Å². The molecule has 0 radical (unpaired) electrons. The van der Waals surface area contributed by atoms with Crippen molar-refractivity contribution in [3.63, 3.8) is 0 Å². The minimum absolute atomic E-state index is 0.0810. The molecule has 6 nitrogen and oxygen atoms in total. The standard InChI is InChI=1S/C15H20N4O2/c1-21-13(10-16)9-15(20)17-11-12-5-2-3-6-14(12)19-8-4-7-18-19/h2-8,13H,9-11,16H2,1H3,(H,17,20). The fraction of sp³-hybridized carbons (Fsp3) is 0.333. The Kier molecular flexibility index (Phi) is 5.48. The molecule has 0 spiro atoms. The van der Waals surface area contributed by atoms with Crippen LogP contribution >= 0.6 is 0 Å². The first-order valence-corrected chi connectivity index (χ1v) is 6.82. The zero-order valence-corrected chi connectivity index (χ0v) is 12.0. The Labute approximate surface area is 123 Å². The van der Waals surface area contributed by atoms with Gasteiger partial charge in [-0.3, -0.25) is 4.79 Å². The predicted molar refractivity (Wildman–Crippen MR) is 79.9 cm³/mol. The van der Waals surface area contributed by atoms with Gasteiger partial charge >= 0.3 is 0 Å². The fourth-order valence-corrected chi connectivity index (χ4v) is 2.03. The van der Waals surface area contributed by atoms with E-state index in [1.165, 1.54) is 0 Å². The first-order valence-electron chi connectivity index (χ1n) is 6.82. The van der Waals surface area contributed by atoms with Crippen molar-refractivity contribution in [2.45, 2.75) is 19.1 Å². The lowest BCUT2D eigenvalue weighted by Crippen LogP contribution is -2.32. The summed E-state index contributed by atoms with van der Waals surface area (Å²) < 4.78 is 6.88. The molecule has 112 valence electrons.